The lowest BCUT2D eigenvalue weighted by Crippen LogP contribution is -2.30. The molecule has 2 fully saturated rings. The van der Waals surface area contributed by atoms with E-state index in [2.05, 4.69) is 17.1 Å². The lowest BCUT2D eigenvalue weighted by atomic mass is 10.4. The van der Waals surface area contributed by atoms with Crippen LogP contribution in [0.2, 0.25) is 0 Å². The average Bonchev–Trinajstić information content (AvgIpc) is 2.64. The predicted molar refractivity (Wildman–Crippen MR) is 50.2 cm³/mol. The normalized spacial score (nSPS) is 24.0. The van der Waals surface area contributed by atoms with E-state index in [9.17, 15) is 0 Å². The minimum atomic E-state index is 0.889. The molecule has 0 aromatic rings. The predicted octanol–water partition coefficient (Wildman–Crippen LogP) is 1.12. The van der Waals surface area contributed by atoms with Crippen LogP contribution in [-0.4, -0.2) is 37.8 Å². The molecule has 2 heterocycles. The van der Waals surface area contributed by atoms with Crippen molar-refractivity contribution in [3.8, 4) is 0 Å². The summed E-state index contributed by atoms with van der Waals surface area (Å²) >= 11 is 2.07. The Kier molecular flexibility index (Phi) is 5.91. The summed E-state index contributed by atoms with van der Waals surface area (Å²) in [6.07, 6.45) is 2.93. The summed E-state index contributed by atoms with van der Waals surface area (Å²) in [6.45, 7) is 3.83. The van der Waals surface area contributed by atoms with Crippen LogP contribution in [0, 0.1) is 0 Å². The third-order valence-electron chi connectivity index (χ3n) is 1.67. The Morgan fingerprint density at radius 1 is 1.00 bits per heavy atom. The van der Waals surface area contributed by atoms with Crippen LogP contribution in [0.15, 0.2) is 0 Å². The van der Waals surface area contributed by atoms with Crippen LogP contribution in [0.3, 0.4) is 0 Å². The fraction of sp³-hybridized carbons (Fsp3) is 1.00. The van der Waals surface area contributed by atoms with Gasteiger partial charge >= 0.3 is 0 Å². The van der Waals surface area contributed by atoms with Crippen molar-refractivity contribution in [1.29, 1.82) is 0 Å². The third-order valence-corrected chi connectivity index (χ3v) is 2.83. The number of thioether (sulfide) groups is 1. The second-order valence-corrected chi connectivity index (χ2v) is 3.91. The van der Waals surface area contributed by atoms with Gasteiger partial charge in [0.2, 0.25) is 0 Å². The molecule has 0 unspecified atom stereocenters. The highest BCUT2D eigenvalue weighted by Gasteiger charge is 1.95. The average molecular weight is 175 g/mol. The molecule has 0 saturated carbocycles. The zero-order chi connectivity index (χ0) is 7.78. The molecule has 2 aliphatic rings. The van der Waals surface area contributed by atoms with Gasteiger partial charge in [-0.15, -0.1) is 0 Å². The first-order valence-corrected chi connectivity index (χ1v) is 5.52. The summed E-state index contributed by atoms with van der Waals surface area (Å²) in [6, 6.07) is 0. The van der Waals surface area contributed by atoms with Crippen LogP contribution in [0.1, 0.15) is 12.8 Å². The minimum Gasteiger partial charge on any atom is -0.379 e. The monoisotopic (exact) mass is 175 g/mol. The van der Waals surface area contributed by atoms with Crippen molar-refractivity contribution in [3.05, 3.63) is 0 Å². The maximum Gasteiger partial charge on any atom is 0.0591 e. The Labute approximate surface area is 73.1 Å². The Balaban J connectivity index is 0.000000112. The first-order valence-electron chi connectivity index (χ1n) is 4.36. The quantitative estimate of drug-likeness (QED) is 0.596. The highest BCUT2D eigenvalue weighted by atomic mass is 32.2. The highest BCUT2D eigenvalue weighted by Crippen LogP contribution is 2.14. The fourth-order valence-corrected chi connectivity index (χ4v) is 2.05. The number of ether oxygens (including phenoxy) is 1. The van der Waals surface area contributed by atoms with E-state index in [-0.39, 0.29) is 0 Å². The smallest absolute Gasteiger partial charge is 0.0591 e. The van der Waals surface area contributed by atoms with Gasteiger partial charge in [0.25, 0.3) is 0 Å². The number of hydrogen-bond acceptors (Lipinski definition) is 3. The molecule has 66 valence electrons. The van der Waals surface area contributed by atoms with Crippen LogP contribution in [0.4, 0.5) is 0 Å². The Bertz CT molecular complexity index is 63.0. The molecule has 0 bridgehead atoms. The lowest BCUT2D eigenvalue weighted by molar-refractivity contribution is 0.109. The van der Waals surface area contributed by atoms with E-state index in [0.29, 0.717) is 0 Å². The highest BCUT2D eigenvalue weighted by molar-refractivity contribution is 7.99. The van der Waals surface area contributed by atoms with Crippen molar-refractivity contribution >= 4 is 11.8 Å². The Morgan fingerprint density at radius 3 is 1.82 bits per heavy atom. The standard InChI is InChI=1S/C4H9NO.C4H8S/c1-3-6-4-2-5-1;1-2-4-5-3-1/h5H,1-4H2;1-4H2. The maximum atomic E-state index is 5.01. The van der Waals surface area contributed by atoms with Crippen molar-refractivity contribution in [2.24, 2.45) is 0 Å². The van der Waals surface area contributed by atoms with E-state index in [1.54, 1.807) is 0 Å². The van der Waals surface area contributed by atoms with Gasteiger partial charge in [0.05, 0.1) is 13.2 Å². The van der Waals surface area contributed by atoms with Crippen molar-refractivity contribution in [1.82, 2.24) is 5.32 Å². The van der Waals surface area contributed by atoms with E-state index in [1.807, 2.05) is 0 Å². The molecule has 0 radical (unpaired) electrons. The van der Waals surface area contributed by atoms with E-state index in [0.717, 1.165) is 26.3 Å². The van der Waals surface area contributed by atoms with Crippen molar-refractivity contribution < 1.29 is 4.74 Å². The summed E-state index contributed by atoms with van der Waals surface area (Å²) in [7, 11) is 0. The zero-order valence-corrected chi connectivity index (χ0v) is 7.79. The van der Waals surface area contributed by atoms with Crippen molar-refractivity contribution in [2.75, 3.05) is 37.8 Å². The molecule has 2 nitrogen and oxygen atoms in total. The van der Waals surface area contributed by atoms with Gasteiger partial charge in [-0.3, -0.25) is 0 Å². The van der Waals surface area contributed by atoms with Gasteiger partial charge in [0.1, 0.15) is 0 Å². The van der Waals surface area contributed by atoms with Crippen LogP contribution in [0.5, 0.6) is 0 Å². The van der Waals surface area contributed by atoms with Gasteiger partial charge in [0, 0.05) is 13.1 Å². The maximum absolute atomic E-state index is 5.01. The molecular formula is C8H17NOS. The first-order chi connectivity index (χ1) is 5.50. The van der Waals surface area contributed by atoms with Crippen molar-refractivity contribution in [3.63, 3.8) is 0 Å². The third kappa shape index (κ3) is 5.53. The summed E-state index contributed by atoms with van der Waals surface area (Å²) in [4.78, 5) is 0. The van der Waals surface area contributed by atoms with E-state index >= 15 is 0 Å². The molecule has 0 aliphatic carbocycles. The van der Waals surface area contributed by atoms with Gasteiger partial charge in [0.15, 0.2) is 0 Å². The molecule has 2 aliphatic heterocycles. The molecule has 0 spiro atoms. The van der Waals surface area contributed by atoms with Crippen molar-refractivity contribution in [2.45, 2.75) is 12.8 Å². The minimum absolute atomic E-state index is 0.889. The first kappa shape index (κ1) is 9.36. The van der Waals surface area contributed by atoms with Crippen LogP contribution in [0.25, 0.3) is 0 Å². The van der Waals surface area contributed by atoms with E-state index in [1.165, 1.54) is 24.3 Å². The lowest BCUT2D eigenvalue weighted by Gasteiger charge is -2.10. The zero-order valence-electron chi connectivity index (χ0n) is 6.97. The fourth-order valence-electron chi connectivity index (χ4n) is 1.03. The van der Waals surface area contributed by atoms with Crippen LogP contribution in [-0.2, 0) is 4.74 Å². The van der Waals surface area contributed by atoms with Gasteiger partial charge in [-0.05, 0) is 24.3 Å². The number of morpholine rings is 1. The SMILES string of the molecule is C1CCSC1.C1COCCN1. The molecule has 3 heteroatoms. The molecule has 0 amide bonds. The van der Waals surface area contributed by atoms with Gasteiger partial charge in [-0.25, -0.2) is 0 Å². The van der Waals surface area contributed by atoms with Gasteiger partial charge < -0.3 is 10.1 Å². The summed E-state index contributed by atoms with van der Waals surface area (Å²) in [5.41, 5.74) is 0. The van der Waals surface area contributed by atoms with Crippen LogP contribution < -0.4 is 5.32 Å². The molecule has 0 aromatic carbocycles. The molecule has 1 N–H and O–H groups in total. The molecule has 2 rings (SSSR count). The van der Waals surface area contributed by atoms with E-state index < -0.39 is 0 Å². The molecular weight excluding hydrogens is 158 g/mol. The molecule has 0 aromatic heterocycles. The second-order valence-electron chi connectivity index (χ2n) is 2.68. The Morgan fingerprint density at radius 2 is 1.64 bits per heavy atom. The van der Waals surface area contributed by atoms with Gasteiger partial charge in [-0.1, -0.05) is 0 Å². The number of hydrogen-bond donors (Lipinski definition) is 1. The topological polar surface area (TPSA) is 21.3 Å². The van der Waals surface area contributed by atoms with Gasteiger partial charge in [-0.2, -0.15) is 11.8 Å². The number of rotatable bonds is 0. The summed E-state index contributed by atoms with van der Waals surface area (Å²) in [5.74, 6) is 2.83. The molecule has 2 saturated heterocycles. The largest absolute Gasteiger partial charge is 0.379 e. The van der Waals surface area contributed by atoms with Crippen LogP contribution >= 0.6 is 11.8 Å². The van der Waals surface area contributed by atoms with E-state index in [4.69, 9.17) is 4.74 Å². The second kappa shape index (κ2) is 6.95. The summed E-state index contributed by atoms with van der Waals surface area (Å²) in [5, 5.41) is 3.16. The summed E-state index contributed by atoms with van der Waals surface area (Å²) < 4.78 is 5.01. The Hall–Kier alpha value is 0.270. The molecule has 11 heavy (non-hydrogen) atoms. The number of nitrogens with one attached hydrogen (secondary N) is 1. The molecule has 0 atom stereocenters.